The van der Waals surface area contributed by atoms with Crippen molar-refractivity contribution < 1.29 is 4.79 Å². The molecular weight excluding hydrogens is 206 g/mol. The van der Waals surface area contributed by atoms with Gasteiger partial charge < -0.3 is 11.1 Å². The van der Waals surface area contributed by atoms with E-state index in [0.29, 0.717) is 18.9 Å². The van der Waals surface area contributed by atoms with Gasteiger partial charge in [0.1, 0.15) is 5.82 Å². The highest BCUT2D eigenvalue weighted by atomic mass is 16.2. The molecule has 0 spiro atoms. The number of nitrogen functional groups attached to an aromatic ring is 1. The monoisotopic (exact) mass is 221 g/mol. The average Bonchev–Trinajstić information content (AvgIpc) is 2.46. The highest BCUT2D eigenvalue weighted by molar-refractivity contribution is 5.78. The minimum atomic E-state index is 0.0703. The number of hydrogen-bond acceptors (Lipinski definition) is 5. The van der Waals surface area contributed by atoms with E-state index in [1.807, 2.05) is 0 Å². The summed E-state index contributed by atoms with van der Waals surface area (Å²) in [5, 5.41) is 2.83. The van der Waals surface area contributed by atoms with Gasteiger partial charge in [-0.05, 0) is 6.42 Å². The van der Waals surface area contributed by atoms with E-state index in [0.717, 1.165) is 25.2 Å². The van der Waals surface area contributed by atoms with Crippen LogP contribution in [-0.2, 0) is 11.3 Å². The van der Waals surface area contributed by atoms with Crippen LogP contribution in [-0.4, -0.2) is 40.4 Å². The molecule has 2 rings (SSSR count). The first-order valence-electron chi connectivity index (χ1n) is 5.29. The Morgan fingerprint density at radius 1 is 1.44 bits per heavy atom. The SMILES string of the molecule is Nc1cnc(CN2CCCNC(=O)C2)cn1. The third-order valence-corrected chi connectivity index (χ3v) is 2.45. The summed E-state index contributed by atoms with van der Waals surface area (Å²) in [6, 6.07) is 0. The lowest BCUT2D eigenvalue weighted by Crippen LogP contribution is -2.32. The molecule has 0 aromatic carbocycles. The lowest BCUT2D eigenvalue weighted by molar-refractivity contribution is -0.121. The molecule has 1 aliphatic rings. The number of hydrogen-bond donors (Lipinski definition) is 2. The van der Waals surface area contributed by atoms with Crippen LogP contribution in [0.1, 0.15) is 12.1 Å². The lowest BCUT2D eigenvalue weighted by Gasteiger charge is -2.17. The number of nitrogens with zero attached hydrogens (tertiary/aromatic N) is 3. The van der Waals surface area contributed by atoms with Gasteiger partial charge in [0.05, 0.1) is 24.6 Å². The molecule has 0 aliphatic carbocycles. The number of nitrogens with one attached hydrogen (secondary N) is 1. The predicted molar refractivity (Wildman–Crippen MR) is 59.3 cm³/mol. The van der Waals surface area contributed by atoms with Gasteiger partial charge in [0, 0.05) is 19.6 Å². The van der Waals surface area contributed by atoms with E-state index in [-0.39, 0.29) is 5.91 Å². The zero-order valence-electron chi connectivity index (χ0n) is 9.02. The normalized spacial score (nSPS) is 17.9. The molecule has 0 unspecified atom stereocenters. The largest absolute Gasteiger partial charge is 0.382 e. The Balaban J connectivity index is 1.97. The molecule has 1 amide bonds. The smallest absolute Gasteiger partial charge is 0.234 e. The van der Waals surface area contributed by atoms with Crippen molar-refractivity contribution in [2.24, 2.45) is 0 Å². The Bertz CT molecular complexity index is 364. The van der Waals surface area contributed by atoms with Crippen molar-refractivity contribution in [2.45, 2.75) is 13.0 Å². The molecule has 0 radical (unpaired) electrons. The van der Waals surface area contributed by atoms with E-state index >= 15 is 0 Å². The number of carbonyl (C=O) groups excluding carboxylic acids is 1. The summed E-state index contributed by atoms with van der Waals surface area (Å²) in [5.41, 5.74) is 6.29. The van der Waals surface area contributed by atoms with Gasteiger partial charge in [-0.2, -0.15) is 0 Å². The zero-order chi connectivity index (χ0) is 11.4. The summed E-state index contributed by atoms with van der Waals surface area (Å²) >= 11 is 0. The summed E-state index contributed by atoms with van der Waals surface area (Å²) in [6.45, 7) is 2.71. The molecule has 1 fully saturated rings. The number of rotatable bonds is 2. The molecule has 0 atom stereocenters. The third-order valence-electron chi connectivity index (χ3n) is 2.45. The maximum atomic E-state index is 11.3. The Kier molecular flexibility index (Phi) is 3.31. The molecule has 0 saturated carbocycles. The maximum Gasteiger partial charge on any atom is 0.234 e. The Hall–Kier alpha value is -1.69. The standard InChI is InChI=1S/C10H15N5O/c11-9-5-13-8(4-14-9)6-15-3-1-2-12-10(16)7-15/h4-5H,1-3,6-7H2,(H2,11,14)(H,12,16). The average molecular weight is 221 g/mol. The number of aromatic nitrogens is 2. The van der Waals surface area contributed by atoms with Crippen molar-refractivity contribution >= 4 is 11.7 Å². The maximum absolute atomic E-state index is 11.3. The first-order chi connectivity index (χ1) is 7.74. The minimum Gasteiger partial charge on any atom is -0.382 e. The Morgan fingerprint density at radius 2 is 2.31 bits per heavy atom. The van der Waals surface area contributed by atoms with E-state index in [4.69, 9.17) is 5.73 Å². The topological polar surface area (TPSA) is 84.1 Å². The Morgan fingerprint density at radius 3 is 3.06 bits per heavy atom. The summed E-state index contributed by atoms with van der Waals surface area (Å²) in [7, 11) is 0. The van der Waals surface area contributed by atoms with E-state index in [1.165, 1.54) is 6.20 Å². The quantitative estimate of drug-likeness (QED) is 0.695. The summed E-state index contributed by atoms with van der Waals surface area (Å²) < 4.78 is 0. The van der Waals surface area contributed by atoms with E-state index in [1.54, 1.807) is 6.20 Å². The van der Waals surface area contributed by atoms with Gasteiger partial charge in [-0.1, -0.05) is 0 Å². The van der Waals surface area contributed by atoms with Crippen LogP contribution in [0.2, 0.25) is 0 Å². The summed E-state index contributed by atoms with van der Waals surface area (Å²) in [5.74, 6) is 0.485. The van der Waals surface area contributed by atoms with Crippen LogP contribution in [0.5, 0.6) is 0 Å². The van der Waals surface area contributed by atoms with Crippen molar-refractivity contribution in [2.75, 3.05) is 25.4 Å². The van der Waals surface area contributed by atoms with Gasteiger partial charge in [0.2, 0.25) is 5.91 Å². The minimum absolute atomic E-state index is 0.0703. The first kappa shape index (κ1) is 10.8. The van der Waals surface area contributed by atoms with E-state index in [2.05, 4.69) is 20.2 Å². The van der Waals surface area contributed by atoms with Crippen LogP contribution in [0.4, 0.5) is 5.82 Å². The summed E-state index contributed by atoms with van der Waals surface area (Å²) in [6.07, 6.45) is 4.15. The van der Waals surface area contributed by atoms with Gasteiger partial charge in [-0.15, -0.1) is 0 Å². The first-order valence-corrected chi connectivity index (χ1v) is 5.29. The molecule has 0 bridgehead atoms. The number of nitrogens with two attached hydrogens (primary N) is 1. The van der Waals surface area contributed by atoms with Crippen molar-refractivity contribution in [1.82, 2.24) is 20.2 Å². The Labute approximate surface area is 93.9 Å². The molecular formula is C10H15N5O. The van der Waals surface area contributed by atoms with Crippen LogP contribution >= 0.6 is 0 Å². The second kappa shape index (κ2) is 4.89. The van der Waals surface area contributed by atoms with Crippen molar-refractivity contribution in [3.8, 4) is 0 Å². The fourth-order valence-electron chi connectivity index (χ4n) is 1.68. The summed E-state index contributed by atoms with van der Waals surface area (Å²) in [4.78, 5) is 21.5. The second-order valence-electron chi connectivity index (χ2n) is 3.85. The van der Waals surface area contributed by atoms with Gasteiger partial charge in [0.15, 0.2) is 0 Å². The molecule has 86 valence electrons. The van der Waals surface area contributed by atoms with Crippen LogP contribution < -0.4 is 11.1 Å². The van der Waals surface area contributed by atoms with Crippen molar-refractivity contribution in [3.63, 3.8) is 0 Å². The van der Waals surface area contributed by atoms with Crippen molar-refractivity contribution in [1.29, 1.82) is 0 Å². The van der Waals surface area contributed by atoms with Crippen LogP contribution in [0.25, 0.3) is 0 Å². The molecule has 1 aromatic rings. The van der Waals surface area contributed by atoms with Gasteiger partial charge in [0.25, 0.3) is 0 Å². The molecule has 6 heteroatoms. The number of amides is 1. The van der Waals surface area contributed by atoms with E-state index < -0.39 is 0 Å². The molecule has 16 heavy (non-hydrogen) atoms. The van der Waals surface area contributed by atoms with Gasteiger partial charge >= 0.3 is 0 Å². The van der Waals surface area contributed by atoms with Crippen LogP contribution in [0.15, 0.2) is 12.4 Å². The number of anilines is 1. The van der Waals surface area contributed by atoms with Gasteiger partial charge in [-0.25, -0.2) is 4.98 Å². The highest BCUT2D eigenvalue weighted by Crippen LogP contribution is 2.04. The van der Waals surface area contributed by atoms with Gasteiger partial charge in [-0.3, -0.25) is 14.7 Å². The van der Waals surface area contributed by atoms with E-state index in [9.17, 15) is 4.79 Å². The zero-order valence-corrected chi connectivity index (χ0v) is 9.02. The number of carbonyl (C=O) groups is 1. The van der Waals surface area contributed by atoms with Crippen LogP contribution in [0, 0.1) is 0 Å². The van der Waals surface area contributed by atoms with Crippen LogP contribution in [0.3, 0.4) is 0 Å². The molecule has 1 aliphatic heterocycles. The van der Waals surface area contributed by atoms with Crippen molar-refractivity contribution in [3.05, 3.63) is 18.1 Å². The second-order valence-corrected chi connectivity index (χ2v) is 3.85. The highest BCUT2D eigenvalue weighted by Gasteiger charge is 2.14. The molecule has 2 heterocycles. The molecule has 6 nitrogen and oxygen atoms in total. The molecule has 3 N–H and O–H groups in total. The lowest BCUT2D eigenvalue weighted by atomic mass is 10.3. The predicted octanol–water partition coefficient (Wildman–Crippen LogP) is -0.619. The molecule has 1 saturated heterocycles. The third kappa shape index (κ3) is 2.90. The fraction of sp³-hybridized carbons (Fsp3) is 0.500. The molecule has 1 aromatic heterocycles. The fourth-order valence-corrected chi connectivity index (χ4v) is 1.68.